The maximum Gasteiger partial charge on any atom is 0.274 e. The Kier molecular flexibility index (Phi) is 2.64. The Balaban J connectivity index is 2.66. The highest BCUT2D eigenvalue weighted by Crippen LogP contribution is 2.14. The molecule has 0 N–H and O–H groups in total. The number of aryl methyl sites for hydroxylation is 1. The van der Waals surface area contributed by atoms with Crippen LogP contribution in [0.15, 0.2) is 24.4 Å². The second-order valence-electron chi connectivity index (χ2n) is 3.89. The minimum Gasteiger partial charge on any atom is -0.343 e. The van der Waals surface area contributed by atoms with Gasteiger partial charge in [-0.2, -0.15) is 0 Å². The molecular formula is C12H15N3O. The molecule has 2 aromatic heterocycles. The molecular weight excluding hydrogens is 202 g/mol. The second kappa shape index (κ2) is 3.96. The number of hydrogen-bond donors (Lipinski definition) is 0. The van der Waals surface area contributed by atoms with Crippen LogP contribution >= 0.6 is 0 Å². The van der Waals surface area contributed by atoms with Crippen molar-refractivity contribution in [2.75, 3.05) is 14.1 Å². The molecule has 2 aromatic rings. The number of fused-ring (bicyclic) bond motifs is 1. The van der Waals surface area contributed by atoms with Crippen molar-refractivity contribution in [3.63, 3.8) is 0 Å². The van der Waals surface area contributed by atoms with Gasteiger partial charge in [-0.15, -0.1) is 0 Å². The van der Waals surface area contributed by atoms with Crippen LogP contribution in [-0.4, -0.2) is 34.3 Å². The molecule has 0 saturated heterocycles. The Hall–Kier alpha value is -1.84. The lowest BCUT2D eigenvalue weighted by molar-refractivity contribution is 0.0824. The Morgan fingerprint density at radius 2 is 2.19 bits per heavy atom. The average molecular weight is 217 g/mol. The predicted molar refractivity (Wildman–Crippen MR) is 62.6 cm³/mol. The predicted octanol–water partition coefficient (Wildman–Crippen LogP) is 1.60. The fraction of sp³-hybridized carbons (Fsp3) is 0.333. The van der Waals surface area contributed by atoms with Crippen molar-refractivity contribution in [3.05, 3.63) is 35.9 Å². The standard InChI is InChI=1S/C12H15N3O/c1-4-10-13-11(12(16)14(2)3)9-7-5-6-8-15(9)10/h5-8H,4H2,1-3H3. The quantitative estimate of drug-likeness (QED) is 0.766. The topological polar surface area (TPSA) is 37.6 Å². The average Bonchev–Trinajstić information content (AvgIpc) is 2.66. The van der Waals surface area contributed by atoms with Crippen LogP contribution in [-0.2, 0) is 6.42 Å². The number of nitrogens with zero attached hydrogens (tertiary/aromatic N) is 3. The van der Waals surface area contributed by atoms with Gasteiger partial charge in [-0.3, -0.25) is 4.79 Å². The third-order valence-corrected chi connectivity index (χ3v) is 2.55. The van der Waals surface area contributed by atoms with E-state index in [1.54, 1.807) is 19.0 Å². The molecule has 0 unspecified atom stereocenters. The summed E-state index contributed by atoms with van der Waals surface area (Å²) < 4.78 is 1.97. The summed E-state index contributed by atoms with van der Waals surface area (Å²) in [5.74, 6) is 0.865. The summed E-state index contributed by atoms with van der Waals surface area (Å²) in [5, 5.41) is 0. The first kappa shape index (κ1) is 10.7. The molecule has 0 spiro atoms. The van der Waals surface area contributed by atoms with Gasteiger partial charge >= 0.3 is 0 Å². The molecule has 4 heteroatoms. The van der Waals surface area contributed by atoms with E-state index in [1.807, 2.05) is 35.7 Å². The minimum absolute atomic E-state index is 0.0524. The first-order valence-corrected chi connectivity index (χ1v) is 5.32. The minimum atomic E-state index is -0.0524. The van der Waals surface area contributed by atoms with Crippen LogP contribution in [0.4, 0.5) is 0 Å². The fourth-order valence-electron chi connectivity index (χ4n) is 1.72. The molecule has 0 saturated carbocycles. The van der Waals surface area contributed by atoms with E-state index >= 15 is 0 Å². The van der Waals surface area contributed by atoms with E-state index in [0.29, 0.717) is 5.69 Å². The van der Waals surface area contributed by atoms with Crippen LogP contribution in [0, 0.1) is 0 Å². The summed E-state index contributed by atoms with van der Waals surface area (Å²) in [4.78, 5) is 17.9. The monoisotopic (exact) mass is 217 g/mol. The molecule has 84 valence electrons. The van der Waals surface area contributed by atoms with Gasteiger partial charge in [-0.25, -0.2) is 4.98 Å². The highest BCUT2D eigenvalue weighted by molar-refractivity contribution is 5.98. The van der Waals surface area contributed by atoms with E-state index in [0.717, 1.165) is 17.8 Å². The number of amides is 1. The molecule has 2 rings (SSSR count). The van der Waals surface area contributed by atoms with E-state index in [4.69, 9.17) is 0 Å². The van der Waals surface area contributed by atoms with Gasteiger partial charge in [0.15, 0.2) is 5.69 Å². The zero-order valence-electron chi connectivity index (χ0n) is 9.77. The van der Waals surface area contributed by atoms with E-state index in [-0.39, 0.29) is 5.91 Å². The maximum atomic E-state index is 11.9. The molecule has 1 amide bonds. The number of carbonyl (C=O) groups excluding carboxylic acids is 1. The smallest absolute Gasteiger partial charge is 0.274 e. The van der Waals surface area contributed by atoms with Crippen LogP contribution in [0.1, 0.15) is 23.2 Å². The van der Waals surface area contributed by atoms with Gasteiger partial charge in [0.25, 0.3) is 5.91 Å². The molecule has 16 heavy (non-hydrogen) atoms. The zero-order chi connectivity index (χ0) is 11.7. The van der Waals surface area contributed by atoms with Crippen molar-refractivity contribution >= 4 is 11.4 Å². The Labute approximate surface area is 94.5 Å². The van der Waals surface area contributed by atoms with Gasteiger partial charge < -0.3 is 9.30 Å². The molecule has 0 fully saturated rings. The van der Waals surface area contributed by atoms with Crippen LogP contribution in [0.5, 0.6) is 0 Å². The van der Waals surface area contributed by atoms with Crippen LogP contribution in [0.2, 0.25) is 0 Å². The van der Waals surface area contributed by atoms with Gasteiger partial charge in [0, 0.05) is 26.7 Å². The molecule has 0 aliphatic carbocycles. The van der Waals surface area contributed by atoms with E-state index in [1.165, 1.54) is 0 Å². The molecule has 0 aliphatic heterocycles. The number of aromatic nitrogens is 2. The Morgan fingerprint density at radius 3 is 2.81 bits per heavy atom. The highest BCUT2D eigenvalue weighted by atomic mass is 16.2. The summed E-state index contributed by atoms with van der Waals surface area (Å²) in [6.45, 7) is 2.03. The van der Waals surface area contributed by atoms with E-state index in [2.05, 4.69) is 4.98 Å². The number of hydrogen-bond acceptors (Lipinski definition) is 2. The van der Waals surface area contributed by atoms with Gasteiger partial charge in [0.2, 0.25) is 0 Å². The number of carbonyl (C=O) groups is 1. The molecule has 4 nitrogen and oxygen atoms in total. The summed E-state index contributed by atoms with van der Waals surface area (Å²) in [7, 11) is 3.48. The summed E-state index contributed by atoms with van der Waals surface area (Å²) >= 11 is 0. The molecule has 0 bridgehead atoms. The van der Waals surface area contributed by atoms with Crippen LogP contribution < -0.4 is 0 Å². The van der Waals surface area contributed by atoms with Gasteiger partial charge in [0.1, 0.15) is 5.82 Å². The van der Waals surface area contributed by atoms with Gasteiger partial charge in [-0.05, 0) is 12.1 Å². The maximum absolute atomic E-state index is 11.9. The first-order chi connectivity index (χ1) is 7.65. The van der Waals surface area contributed by atoms with Crippen molar-refractivity contribution in [2.45, 2.75) is 13.3 Å². The molecule has 0 aromatic carbocycles. The first-order valence-electron chi connectivity index (χ1n) is 5.32. The van der Waals surface area contributed by atoms with Crippen molar-refractivity contribution in [3.8, 4) is 0 Å². The van der Waals surface area contributed by atoms with E-state index in [9.17, 15) is 4.79 Å². The summed E-state index contributed by atoms with van der Waals surface area (Å²) in [6.07, 6.45) is 2.75. The van der Waals surface area contributed by atoms with Crippen molar-refractivity contribution in [1.82, 2.24) is 14.3 Å². The molecule has 0 aliphatic rings. The third-order valence-electron chi connectivity index (χ3n) is 2.55. The Bertz CT molecular complexity index is 528. The molecule has 0 radical (unpaired) electrons. The van der Waals surface area contributed by atoms with E-state index < -0.39 is 0 Å². The molecule has 0 atom stereocenters. The van der Waals surface area contributed by atoms with Crippen molar-refractivity contribution in [2.24, 2.45) is 0 Å². The van der Waals surface area contributed by atoms with Crippen molar-refractivity contribution < 1.29 is 4.79 Å². The van der Waals surface area contributed by atoms with Gasteiger partial charge in [-0.1, -0.05) is 13.0 Å². The summed E-state index contributed by atoms with van der Waals surface area (Å²) in [6, 6.07) is 5.78. The van der Waals surface area contributed by atoms with Crippen molar-refractivity contribution in [1.29, 1.82) is 0 Å². The lowest BCUT2D eigenvalue weighted by atomic mass is 10.3. The fourth-order valence-corrected chi connectivity index (χ4v) is 1.72. The zero-order valence-corrected chi connectivity index (χ0v) is 9.77. The van der Waals surface area contributed by atoms with Crippen LogP contribution in [0.3, 0.4) is 0 Å². The second-order valence-corrected chi connectivity index (χ2v) is 3.89. The SMILES string of the molecule is CCc1nc(C(=O)N(C)C)c2ccccn12. The number of rotatable bonds is 2. The van der Waals surface area contributed by atoms with Crippen LogP contribution in [0.25, 0.3) is 5.52 Å². The molecule has 2 heterocycles. The summed E-state index contributed by atoms with van der Waals surface area (Å²) in [5.41, 5.74) is 1.40. The number of imidazole rings is 1. The lowest BCUT2D eigenvalue weighted by Crippen LogP contribution is -2.22. The lowest BCUT2D eigenvalue weighted by Gasteiger charge is -2.07. The third kappa shape index (κ3) is 1.56. The largest absolute Gasteiger partial charge is 0.343 e. The highest BCUT2D eigenvalue weighted by Gasteiger charge is 2.17. The Morgan fingerprint density at radius 1 is 1.44 bits per heavy atom. The van der Waals surface area contributed by atoms with Gasteiger partial charge in [0.05, 0.1) is 5.52 Å². The number of pyridine rings is 1. The normalized spacial score (nSPS) is 10.7.